The van der Waals surface area contributed by atoms with E-state index in [-0.39, 0.29) is 11.7 Å². The minimum atomic E-state index is -0.232. The van der Waals surface area contributed by atoms with E-state index in [1.165, 1.54) is 18.3 Å². The van der Waals surface area contributed by atoms with Gasteiger partial charge in [0.15, 0.2) is 0 Å². The quantitative estimate of drug-likeness (QED) is 0.369. The molecule has 0 spiro atoms. The number of anilines is 2. The Morgan fingerprint density at radius 3 is 2.61 bits per heavy atom. The summed E-state index contributed by atoms with van der Waals surface area (Å²) in [5.41, 5.74) is 3.94. The van der Waals surface area contributed by atoms with Crippen molar-refractivity contribution in [2.45, 2.75) is 18.8 Å². The number of pyridine rings is 2. The normalized spacial score (nSPS) is 14.4. The van der Waals surface area contributed by atoms with Crippen LogP contribution in [0.25, 0.3) is 10.9 Å². The van der Waals surface area contributed by atoms with Gasteiger partial charge in [-0.05, 0) is 66.8 Å². The molecule has 3 heterocycles. The van der Waals surface area contributed by atoms with Crippen molar-refractivity contribution >= 4 is 39.8 Å². The molecule has 0 aliphatic carbocycles. The number of amides is 1. The Labute approximate surface area is 196 Å². The molecule has 0 unspecified atom stereocenters. The number of halogens is 2. The topological polar surface area (TPSA) is 58.1 Å². The second kappa shape index (κ2) is 9.16. The lowest BCUT2D eigenvalue weighted by atomic mass is 9.89. The Hall–Kier alpha value is -3.51. The van der Waals surface area contributed by atoms with Gasteiger partial charge in [-0.15, -0.1) is 0 Å². The average molecular weight is 461 g/mol. The zero-order valence-corrected chi connectivity index (χ0v) is 18.6. The summed E-state index contributed by atoms with van der Waals surface area (Å²) in [7, 11) is 0. The number of fused-ring (bicyclic) bond motifs is 1. The van der Waals surface area contributed by atoms with E-state index in [1.54, 1.807) is 12.3 Å². The number of carbonyl (C=O) groups is 1. The predicted octanol–water partition coefficient (Wildman–Crippen LogP) is 6.19. The molecule has 1 N–H and O–H groups in total. The van der Waals surface area contributed by atoms with E-state index in [0.29, 0.717) is 35.4 Å². The summed E-state index contributed by atoms with van der Waals surface area (Å²) < 4.78 is 13.2. The third kappa shape index (κ3) is 4.66. The van der Waals surface area contributed by atoms with Crippen molar-refractivity contribution in [3.8, 4) is 0 Å². The van der Waals surface area contributed by atoms with E-state index in [9.17, 15) is 9.18 Å². The highest BCUT2D eigenvalue weighted by molar-refractivity contribution is 6.29. The van der Waals surface area contributed by atoms with Crippen molar-refractivity contribution in [2.75, 3.05) is 18.4 Å². The van der Waals surface area contributed by atoms with Crippen LogP contribution in [-0.2, 0) is 0 Å². The van der Waals surface area contributed by atoms with Gasteiger partial charge in [0, 0.05) is 36.6 Å². The summed E-state index contributed by atoms with van der Waals surface area (Å²) in [6.45, 7) is 1.26. The van der Waals surface area contributed by atoms with Crippen molar-refractivity contribution in [1.82, 2.24) is 14.9 Å². The molecule has 1 amide bonds. The lowest BCUT2D eigenvalue weighted by molar-refractivity contribution is 0.0713. The van der Waals surface area contributed by atoms with Crippen LogP contribution in [-0.4, -0.2) is 33.9 Å². The van der Waals surface area contributed by atoms with Gasteiger partial charge in [-0.25, -0.2) is 9.37 Å². The Kier molecular flexibility index (Phi) is 5.92. The fourth-order valence-corrected chi connectivity index (χ4v) is 4.49. The zero-order chi connectivity index (χ0) is 22.8. The van der Waals surface area contributed by atoms with Crippen LogP contribution in [0.1, 0.15) is 34.7 Å². The number of piperidine rings is 1. The van der Waals surface area contributed by atoms with Crippen molar-refractivity contribution in [1.29, 1.82) is 0 Å². The fraction of sp³-hybridized carbons (Fsp3) is 0.192. The molecule has 166 valence electrons. The number of carbonyl (C=O) groups excluding carboxylic acids is 1. The smallest absolute Gasteiger partial charge is 0.257 e. The molecule has 1 fully saturated rings. The van der Waals surface area contributed by atoms with E-state index in [2.05, 4.69) is 15.3 Å². The van der Waals surface area contributed by atoms with Gasteiger partial charge in [0.25, 0.3) is 5.91 Å². The molecule has 1 aliphatic rings. The Bertz CT molecular complexity index is 1300. The van der Waals surface area contributed by atoms with Crippen molar-refractivity contribution in [3.05, 3.63) is 95.2 Å². The maximum Gasteiger partial charge on any atom is 0.257 e. The van der Waals surface area contributed by atoms with Crippen molar-refractivity contribution < 1.29 is 9.18 Å². The third-order valence-electron chi connectivity index (χ3n) is 6.11. The standard InChI is InChI=1S/C26H22ClFN4O/c27-25-15-24(31-21-7-8-23-19(14-21)2-1-11-29-23)22(16-30-25)26(33)32-12-9-18(10-13-32)17-3-5-20(28)6-4-17/h1-8,11,14-16,18H,9-10,12-13H2,(H,30,31). The summed E-state index contributed by atoms with van der Waals surface area (Å²) in [5, 5.41) is 4.64. The number of hydrogen-bond donors (Lipinski definition) is 1. The molecular formula is C26H22ClFN4O. The van der Waals surface area contributed by atoms with Crippen LogP contribution >= 0.6 is 11.6 Å². The molecule has 2 aromatic heterocycles. The Balaban J connectivity index is 1.33. The fourth-order valence-electron chi connectivity index (χ4n) is 4.33. The van der Waals surface area contributed by atoms with Crippen LogP contribution in [0.4, 0.5) is 15.8 Å². The summed E-state index contributed by atoms with van der Waals surface area (Å²) in [4.78, 5) is 23.7. The number of rotatable bonds is 4. The van der Waals surface area contributed by atoms with Gasteiger partial charge in [0.05, 0.1) is 16.8 Å². The summed E-state index contributed by atoms with van der Waals surface area (Å²) in [6.07, 6.45) is 4.95. The maximum atomic E-state index is 13.4. The van der Waals surface area contributed by atoms with Gasteiger partial charge in [-0.1, -0.05) is 29.8 Å². The molecule has 1 aliphatic heterocycles. The highest BCUT2D eigenvalue weighted by atomic mass is 35.5. The van der Waals surface area contributed by atoms with E-state index in [4.69, 9.17) is 11.6 Å². The molecule has 5 nitrogen and oxygen atoms in total. The van der Waals surface area contributed by atoms with Crippen LogP contribution in [0.15, 0.2) is 73.1 Å². The zero-order valence-electron chi connectivity index (χ0n) is 17.8. The van der Waals surface area contributed by atoms with E-state index >= 15 is 0 Å². The van der Waals surface area contributed by atoms with Gasteiger partial charge in [-0.3, -0.25) is 9.78 Å². The van der Waals surface area contributed by atoms with Crippen LogP contribution in [0, 0.1) is 5.82 Å². The van der Waals surface area contributed by atoms with Crippen LogP contribution in [0.5, 0.6) is 0 Å². The second-order valence-corrected chi connectivity index (χ2v) is 8.59. The van der Waals surface area contributed by atoms with Gasteiger partial charge < -0.3 is 10.2 Å². The molecule has 4 aromatic rings. The minimum absolute atomic E-state index is 0.0818. The lowest BCUT2D eigenvalue weighted by Crippen LogP contribution is -2.38. The van der Waals surface area contributed by atoms with Gasteiger partial charge in [0.1, 0.15) is 11.0 Å². The molecule has 0 saturated carbocycles. The van der Waals surface area contributed by atoms with Crippen LogP contribution in [0.3, 0.4) is 0 Å². The number of likely N-dealkylation sites (tertiary alicyclic amines) is 1. The maximum absolute atomic E-state index is 13.4. The third-order valence-corrected chi connectivity index (χ3v) is 6.31. The molecule has 5 rings (SSSR count). The first-order chi connectivity index (χ1) is 16.1. The Morgan fingerprint density at radius 1 is 1.03 bits per heavy atom. The SMILES string of the molecule is O=C(c1cnc(Cl)cc1Nc1ccc2ncccc2c1)N1CCC(c2ccc(F)cc2)CC1. The molecule has 0 radical (unpaired) electrons. The first-order valence-corrected chi connectivity index (χ1v) is 11.3. The molecule has 1 saturated heterocycles. The van der Waals surface area contributed by atoms with E-state index in [1.807, 2.05) is 47.4 Å². The molecule has 33 heavy (non-hydrogen) atoms. The molecular weight excluding hydrogens is 439 g/mol. The van der Waals surface area contributed by atoms with Crippen molar-refractivity contribution in [2.24, 2.45) is 0 Å². The predicted molar refractivity (Wildman–Crippen MR) is 129 cm³/mol. The summed E-state index contributed by atoms with van der Waals surface area (Å²) in [5.74, 6) is 0.00721. The largest absolute Gasteiger partial charge is 0.355 e. The van der Waals surface area contributed by atoms with Gasteiger partial charge >= 0.3 is 0 Å². The first-order valence-electron chi connectivity index (χ1n) is 10.9. The van der Waals surface area contributed by atoms with Crippen LogP contribution in [0.2, 0.25) is 5.15 Å². The van der Waals surface area contributed by atoms with Crippen molar-refractivity contribution in [3.63, 3.8) is 0 Å². The highest BCUT2D eigenvalue weighted by Gasteiger charge is 2.26. The van der Waals surface area contributed by atoms with Crippen LogP contribution < -0.4 is 5.32 Å². The minimum Gasteiger partial charge on any atom is -0.355 e. The highest BCUT2D eigenvalue weighted by Crippen LogP contribution is 2.31. The number of benzene rings is 2. The first kappa shape index (κ1) is 21.3. The molecule has 7 heteroatoms. The number of nitrogens with one attached hydrogen (secondary N) is 1. The Morgan fingerprint density at radius 2 is 1.82 bits per heavy atom. The number of nitrogens with zero attached hydrogens (tertiary/aromatic N) is 3. The van der Waals surface area contributed by atoms with E-state index < -0.39 is 0 Å². The average Bonchev–Trinajstić information content (AvgIpc) is 2.84. The molecule has 0 bridgehead atoms. The monoisotopic (exact) mass is 460 g/mol. The molecule has 2 aromatic carbocycles. The summed E-state index contributed by atoms with van der Waals surface area (Å²) in [6, 6.07) is 18.1. The second-order valence-electron chi connectivity index (χ2n) is 8.21. The van der Waals surface area contributed by atoms with E-state index in [0.717, 1.165) is 35.0 Å². The lowest BCUT2D eigenvalue weighted by Gasteiger charge is -2.32. The summed E-state index contributed by atoms with van der Waals surface area (Å²) >= 11 is 6.15. The molecule has 0 atom stereocenters. The number of hydrogen-bond acceptors (Lipinski definition) is 4. The van der Waals surface area contributed by atoms with Gasteiger partial charge in [-0.2, -0.15) is 0 Å². The van der Waals surface area contributed by atoms with Gasteiger partial charge in [0.2, 0.25) is 0 Å². The number of aromatic nitrogens is 2.